The molecule has 19 heavy (non-hydrogen) atoms. The number of hydrogen-bond donors (Lipinski definition) is 3. The highest BCUT2D eigenvalue weighted by atomic mass is 35.5. The van der Waals surface area contributed by atoms with Crippen molar-refractivity contribution in [1.82, 2.24) is 5.32 Å². The molecule has 104 valence electrons. The molecule has 5 N–H and O–H groups in total. The zero-order valence-corrected chi connectivity index (χ0v) is 12.0. The number of aryl methyl sites for hydroxylation is 1. The lowest BCUT2D eigenvalue weighted by Crippen LogP contribution is -3.00. The minimum Gasteiger partial charge on any atom is -1.00 e. The van der Waals surface area contributed by atoms with Gasteiger partial charge in [-0.05, 0) is 19.1 Å². The van der Waals surface area contributed by atoms with Gasteiger partial charge in [0.1, 0.15) is 5.69 Å². The maximum Gasteiger partial charge on any atom is 0.357 e. The van der Waals surface area contributed by atoms with Crippen molar-refractivity contribution < 1.29 is 17.0 Å². The Kier molecular flexibility index (Phi) is 5.18. The molecule has 0 saturated carbocycles. The molecule has 1 aromatic carbocycles. The summed E-state index contributed by atoms with van der Waals surface area (Å²) in [6.45, 7) is 4.18. The summed E-state index contributed by atoms with van der Waals surface area (Å²) in [5.74, 6) is 0.916. The van der Waals surface area contributed by atoms with E-state index in [1.165, 1.54) is 5.56 Å². The fourth-order valence-corrected chi connectivity index (χ4v) is 2.07. The number of rotatable bonds is 3. The fraction of sp³-hybridized carbons (Fsp3) is 0.385. The van der Waals surface area contributed by atoms with Gasteiger partial charge in [-0.3, -0.25) is 5.73 Å². The van der Waals surface area contributed by atoms with E-state index in [1.54, 1.807) is 0 Å². The van der Waals surface area contributed by atoms with E-state index in [9.17, 15) is 0 Å². The number of guanidine groups is 2. The Labute approximate surface area is 119 Å². The lowest BCUT2D eigenvalue weighted by Gasteiger charge is -2.22. The van der Waals surface area contributed by atoms with E-state index >= 15 is 0 Å². The average Bonchev–Trinajstić information content (AvgIpc) is 2.31. The molecule has 0 aromatic heterocycles. The standard InChI is InChI=1S/C13H19N5.ClH/c1-3-4-11-16-12(14)17-13(15)18(11)10-7-5-9(2)6-8-10;/h5-8,11H,3-4H2,1-2H3,(H4,14,15,16,17);1H. The molecule has 2 rings (SSSR count). The Bertz CT molecular complexity index is 492. The molecule has 1 aliphatic heterocycles. The fourth-order valence-electron chi connectivity index (χ4n) is 2.07. The van der Waals surface area contributed by atoms with Gasteiger partial charge in [0.05, 0.1) is 0 Å². The quantitative estimate of drug-likeness (QED) is 0.561. The van der Waals surface area contributed by atoms with Crippen molar-refractivity contribution in [3.8, 4) is 0 Å². The van der Waals surface area contributed by atoms with Crippen LogP contribution in [-0.4, -0.2) is 22.7 Å². The summed E-state index contributed by atoms with van der Waals surface area (Å²) < 4.78 is 1.99. The molecule has 5 nitrogen and oxygen atoms in total. The van der Waals surface area contributed by atoms with Crippen LogP contribution in [0.5, 0.6) is 0 Å². The normalized spacial score (nSPS) is 18.4. The summed E-state index contributed by atoms with van der Waals surface area (Å²) in [5, 5.41) is 2.88. The molecule has 6 heteroatoms. The minimum absolute atomic E-state index is 0. The molecule has 0 saturated heterocycles. The van der Waals surface area contributed by atoms with Crippen molar-refractivity contribution in [1.29, 1.82) is 0 Å². The molecule has 1 heterocycles. The lowest BCUT2D eigenvalue weighted by molar-refractivity contribution is -0.488. The van der Waals surface area contributed by atoms with E-state index < -0.39 is 0 Å². The molecule has 0 amide bonds. The summed E-state index contributed by atoms with van der Waals surface area (Å²) >= 11 is 0. The van der Waals surface area contributed by atoms with E-state index in [1.807, 2.05) is 16.7 Å². The first kappa shape index (κ1) is 15.3. The van der Waals surface area contributed by atoms with Gasteiger partial charge in [-0.1, -0.05) is 31.0 Å². The van der Waals surface area contributed by atoms with E-state index in [0.29, 0.717) is 11.9 Å². The van der Waals surface area contributed by atoms with Crippen molar-refractivity contribution in [3.63, 3.8) is 0 Å². The van der Waals surface area contributed by atoms with Gasteiger partial charge in [0.15, 0.2) is 6.17 Å². The third-order valence-corrected chi connectivity index (χ3v) is 2.96. The number of benzene rings is 1. The third kappa shape index (κ3) is 3.38. The molecule has 1 aliphatic rings. The number of nitrogens with two attached hydrogens (primary N) is 2. The van der Waals surface area contributed by atoms with Crippen LogP contribution in [0.1, 0.15) is 25.3 Å². The Morgan fingerprint density at radius 3 is 2.47 bits per heavy atom. The summed E-state index contributed by atoms with van der Waals surface area (Å²) in [4.78, 5) is 4.41. The first-order chi connectivity index (χ1) is 8.61. The SMILES string of the molecule is CCCC1N=C(N)NC(N)=[N+]1c1ccc(C)cc1.[Cl-]. The van der Waals surface area contributed by atoms with Gasteiger partial charge in [0.2, 0.25) is 0 Å². The van der Waals surface area contributed by atoms with Crippen LogP contribution in [0.2, 0.25) is 0 Å². The lowest BCUT2D eigenvalue weighted by atomic mass is 10.2. The van der Waals surface area contributed by atoms with E-state index in [4.69, 9.17) is 11.5 Å². The predicted octanol–water partition coefficient (Wildman–Crippen LogP) is -2.00. The van der Waals surface area contributed by atoms with Gasteiger partial charge in [-0.25, -0.2) is 9.89 Å². The van der Waals surface area contributed by atoms with Crippen molar-refractivity contribution in [2.24, 2.45) is 16.5 Å². The van der Waals surface area contributed by atoms with Crippen LogP contribution < -0.4 is 29.2 Å². The number of aliphatic imine (C=N–C) groups is 1. The van der Waals surface area contributed by atoms with E-state index in [-0.39, 0.29) is 18.6 Å². The predicted molar refractivity (Wildman–Crippen MR) is 73.7 cm³/mol. The minimum atomic E-state index is -0.0287. The number of nitrogens with zero attached hydrogens (tertiary/aromatic N) is 2. The number of nitrogens with one attached hydrogen (secondary N) is 1. The van der Waals surface area contributed by atoms with Crippen LogP contribution in [0.3, 0.4) is 0 Å². The highest BCUT2D eigenvalue weighted by Gasteiger charge is 2.26. The maximum atomic E-state index is 6.03. The van der Waals surface area contributed by atoms with Crippen LogP contribution in [0.15, 0.2) is 29.3 Å². The van der Waals surface area contributed by atoms with Crippen LogP contribution in [0, 0.1) is 6.92 Å². The summed E-state index contributed by atoms with van der Waals surface area (Å²) in [5.41, 5.74) is 14.0. The Morgan fingerprint density at radius 1 is 1.26 bits per heavy atom. The highest BCUT2D eigenvalue weighted by molar-refractivity contribution is 5.96. The molecular weight excluding hydrogens is 262 g/mol. The molecule has 0 radical (unpaired) electrons. The molecule has 0 aliphatic carbocycles. The smallest absolute Gasteiger partial charge is 0.357 e. The largest absolute Gasteiger partial charge is 1.00 e. The Hall–Kier alpha value is -1.75. The second-order valence-corrected chi connectivity index (χ2v) is 4.50. The number of hydrogen-bond acceptors (Lipinski definition) is 4. The molecule has 0 bridgehead atoms. The van der Waals surface area contributed by atoms with Crippen molar-refractivity contribution >= 4 is 17.6 Å². The Balaban J connectivity index is 0.00000180. The van der Waals surface area contributed by atoms with Gasteiger partial charge in [0, 0.05) is 6.42 Å². The topological polar surface area (TPSA) is 79.4 Å². The number of halogens is 1. The average molecular weight is 282 g/mol. The van der Waals surface area contributed by atoms with Gasteiger partial charge in [0.25, 0.3) is 5.96 Å². The second-order valence-electron chi connectivity index (χ2n) is 4.50. The first-order valence-electron chi connectivity index (χ1n) is 6.20. The molecule has 1 unspecified atom stereocenters. The molecular formula is C13H20ClN5. The first-order valence-corrected chi connectivity index (χ1v) is 6.20. The molecule has 1 aromatic rings. The van der Waals surface area contributed by atoms with Crippen LogP contribution >= 0.6 is 0 Å². The van der Waals surface area contributed by atoms with E-state index in [0.717, 1.165) is 18.5 Å². The maximum absolute atomic E-state index is 6.03. The zero-order chi connectivity index (χ0) is 13.1. The van der Waals surface area contributed by atoms with Crippen LogP contribution in [0.25, 0.3) is 0 Å². The third-order valence-electron chi connectivity index (χ3n) is 2.96. The molecule has 0 fully saturated rings. The van der Waals surface area contributed by atoms with Gasteiger partial charge in [-0.2, -0.15) is 4.99 Å². The van der Waals surface area contributed by atoms with Gasteiger partial charge >= 0.3 is 5.96 Å². The zero-order valence-electron chi connectivity index (χ0n) is 11.2. The monoisotopic (exact) mass is 281 g/mol. The van der Waals surface area contributed by atoms with Crippen molar-refractivity contribution in [2.45, 2.75) is 32.9 Å². The van der Waals surface area contributed by atoms with Crippen LogP contribution in [-0.2, 0) is 0 Å². The van der Waals surface area contributed by atoms with Crippen molar-refractivity contribution in [3.05, 3.63) is 29.8 Å². The van der Waals surface area contributed by atoms with Gasteiger partial charge < -0.3 is 18.1 Å². The Morgan fingerprint density at radius 2 is 1.89 bits per heavy atom. The highest BCUT2D eigenvalue weighted by Crippen LogP contribution is 2.19. The summed E-state index contributed by atoms with van der Waals surface area (Å²) in [7, 11) is 0. The van der Waals surface area contributed by atoms with Crippen molar-refractivity contribution in [2.75, 3.05) is 0 Å². The van der Waals surface area contributed by atoms with Gasteiger partial charge in [-0.15, -0.1) is 0 Å². The summed E-state index contributed by atoms with van der Waals surface area (Å²) in [6, 6.07) is 8.22. The summed E-state index contributed by atoms with van der Waals surface area (Å²) in [6.07, 6.45) is 1.91. The second kappa shape index (κ2) is 6.43. The van der Waals surface area contributed by atoms with E-state index in [2.05, 4.69) is 36.3 Å². The van der Waals surface area contributed by atoms with Crippen LogP contribution in [0.4, 0.5) is 5.69 Å². The molecule has 1 atom stereocenters. The molecule has 0 spiro atoms.